The quantitative estimate of drug-likeness (QED) is 0.883. The SMILES string of the molecule is Cc1ccc(=O)n(C2CCC(NC(=O)c3ccc(=O)[nH]c3)CC2)n1. The van der Waals surface area contributed by atoms with Gasteiger partial charge >= 0.3 is 0 Å². The molecular formula is C17H20N4O3. The van der Waals surface area contributed by atoms with Gasteiger partial charge in [-0.1, -0.05) is 0 Å². The fourth-order valence-corrected chi connectivity index (χ4v) is 3.07. The molecule has 0 spiro atoms. The largest absolute Gasteiger partial charge is 0.349 e. The zero-order valence-electron chi connectivity index (χ0n) is 13.5. The second-order valence-electron chi connectivity index (χ2n) is 6.18. The number of aryl methyl sites for hydroxylation is 1. The molecule has 2 heterocycles. The Balaban J connectivity index is 1.60. The summed E-state index contributed by atoms with van der Waals surface area (Å²) in [4.78, 5) is 37.6. The maximum absolute atomic E-state index is 12.2. The van der Waals surface area contributed by atoms with Gasteiger partial charge in [-0.15, -0.1) is 0 Å². The zero-order chi connectivity index (χ0) is 17.1. The number of aromatic nitrogens is 3. The summed E-state index contributed by atoms with van der Waals surface area (Å²) in [6, 6.07) is 6.26. The lowest BCUT2D eigenvalue weighted by Gasteiger charge is -2.29. The van der Waals surface area contributed by atoms with Crippen LogP contribution >= 0.6 is 0 Å². The summed E-state index contributed by atoms with van der Waals surface area (Å²) in [5.74, 6) is -0.194. The third-order valence-corrected chi connectivity index (χ3v) is 4.38. The number of nitrogens with zero attached hydrogens (tertiary/aromatic N) is 2. The molecule has 7 heteroatoms. The van der Waals surface area contributed by atoms with Crippen molar-refractivity contribution in [3.8, 4) is 0 Å². The summed E-state index contributed by atoms with van der Waals surface area (Å²) in [7, 11) is 0. The fourth-order valence-electron chi connectivity index (χ4n) is 3.07. The van der Waals surface area contributed by atoms with Gasteiger partial charge in [-0.2, -0.15) is 5.10 Å². The summed E-state index contributed by atoms with van der Waals surface area (Å²) in [6.45, 7) is 1.87. The summed E-state index contributed by atoms with van der Waals surface area (Å²) >= 11 is 0. The molecule has 2 N–H and O–H groups in total. The van der Waals surface area contributed by atoms with Gasteiger partial charge in [0.05, 0.1) is 17.3 Å². The lowest BCUT2D eigenvalue weighted by atomic mass is 9.91. The van der Waals surface area contributed by atoms with E-state index in [4.69, 9.17) is 0 Å². The molecule has 1 amide bonds. The second kappa shape index (κ2) is 6.82. The van der Waals surface area contributed by atoms with Crippen molar-refractivity contribution in [3.05, 3.63) is 62.4 Å². The molecule has 7 nitrogen and oxygen atoms in total. The summed E-state index contributed by atoms with van der Waals surface area (Å²) in [5.41, 5.74) is 0.945. The Morgan fingerprint density at radius 3 is 2.58 bits per heavy atom. The molecule has 0 bridgehead atoms. The van der Waals surface area contributed by atoms with Gasteiger partial charge in [0.2, 0.25) is 5.56 Å². The number of amides is 1. The van der Waals surface area contributed by atoms with Crippen molar-refractivity contribution >= 4 is 5.91 Å². The van der Waals surface area contributed by atoms with E-state index in [0.717, 1.165) is 31.4 Å². The first-order chi connectivity index (χ1) is 11.5. The van der Waals surface area contributed by atoms with E-state index in [1.165, 1.54) is 18.3 Å². The highest BCUT2D eigenvalue weighted by Crippen LogP contribution is 2.27. The maximum atomic E-state index is 12.2. The van der Waals surface area contributed by atoms with E-state index < -0.39 is 0 Å². The van der Waals surface area contributed by atoms with Crippen molar-refractivity contribution in [2.45, 2.75) is 44.7 Å². The van der Waals surface area contributed by atoms with Crippen molar-refractivity contribution in [3.63, 3.8) is 0 Å². The summed E-state index contributed by atoms with van der Waals surface area (Å²) < 4.78 is 1.56. The summed E-state index contributed by atoms with van der Waals surface area (Å²) in [5, 5.41) is 7.31. The van der Waals surface area contributed by atoms with E-state index in [9.17, 15) is 14.4 Å². The molecule has 3 rings (SSSR count). The first-order valence-electron chi connectivity index (χ1n) is 8.09. The van der Waals surface area contributed by atoms with E-state index in [1.54, 1.807) is 16.8 Å². The molecule has 24 heavy (non-hydrogen) atoms. The molecule has 0 aliphatic heterocycles. The third kappa shape index (κ3) is 3.61. The van der Waals surface area contributed by atoms with Crippen molar-refractivity contribution in [1.29, 1.82) is 0 Å². The minimum absolute atomic E-state index is 0.0705. The molecule has 0 saturated heterocycles. The molecule has 0 radical (unpaired) electrons. The zero-order valence-corrected chi connectivity index (χ0v) is 13.5. The number of hydrogen-bond donors (Lipinski definition) is 2. The number of pyridine rings is 1. The van der Waals surface area contributed by atoms with Gasteiger partial charge in [0.1, 0.15) is 0 Å². The van der Waals surface area contributed by atoms with Gasteiger partial charge in [0.15, 0.2) is 0 Å². The van der Waals surface area contributed by atoms with Crippen molar-refractivity contribution < 1.29 is 4.79 Å². The highest BCUT2D eigenvalue weighted by atomic mass is 16.2. The average Bonchev–Trinajstić information content (AvgIpc) is 2.58. The molecule has 0 aromatic carbocycles. The molecule has 1 saturated carbocycles. The minimum Gasteiger partial charge on any atom is -0.349 e. The number of nitrogens with one attached hydrogen (secondary N) is 2. The topological polar surface area (TPSA) is 96.9 Å². The van der Waals surface area contributed by atoms with Gasteiger partial charge in [-0.05, 0) is 44.7 Å². The Morgan fingerprint density at radius 1 is 1.17 bits per heavy atom. The van der Waals surface area contributed by atoms with Crippen LogP contribution in [0.3, 0.4) is 0 Å². The van der Waals surface area contributed by atoms with Crippen molar-refractivity contribution in [2.75, 3.05) is 0 Å². The molecular weight excluding hydrogens is 308 g/mol. The van der Waals surface area contributed by atoms with Crippen LogP contribution in [0.4, 0.5) is 0 Å². The summed E-state index contributed by atoms with van der Waals surface area (Å²) in [6.07, 6.45) is 4.60. The van der Waals surface area contributed by atoms with Crippen molar-refractivity contribution in [1.82, 2.24) is 20.1 Å². The van der Waals surface area contributed by atoms with E-state index in [-0.39, 0.29) is 29.1 Å². The smallest absolute Gasteiger partial charge is 0.267 e. The lowest BCUT2D eigenvalue weighted by Crippen LogP contribution is -2.39. The Bertz CT molecular complexity index is 827. The van der Waals surface area contributed by atoms with E-state index in [2.05, 4.69) is 15.4 Å². The maximum Gasteiger partial charge on any atom is 0.267 e. The lowest BCUT2D eigenvalue weighted by molar-refractivity contribution is 0.0921. The van der Waals surface area contributed by atoms with Crippen LogP contribution in [-0.4, -0.2) is 26.7 Å². The van der Waals surface area contributed by atoms with Gasteiger partial charge in [-0.25, -0.2) is 4.68 Å². The monoisotopic (exact) mass is 328 g/mol. The number of aromatic amines is 1. The van der Waals surface area contributed by atoms with Crippen LogP contribution < -0.4 is 16.4 Å². The fraction of sp³-hybridized carbons (Fsp3) is 0.412. The predicted octanol–water partition coefficient (Wildman–Crippen LogP) is 1.15. The molecule has 0 unspecified atom stereocenters. The Labute approximate surface area is 138 Å². The van der Waals surface area contributed by atoms with E-state index >= 15 is 0 Å². The van der Waals surface area contributed by atoms with Gasteiger partial charge in [0.25, 0.3) is 11.5 Å². The first-order valence-corrected chi connectivity index (χ1v) is 8.09. The number of rotatable bonds is 3. The van der Waals surface area contributed by atoms with Crippen LogP contribution in [-0.2, 0) is 0 Å². The molecule has 126 valence electrons. The number of H-pyrrole nitrogens is 1. The molecule has 1 fully saturated rings. The Kier molecular flexibility index (Phi) is 4.59. The van der Waals surface area contributed by atoms with Crippen LogP contribution in [0, 0.1) is 6.92 Å². The van der Waals surface area contributed by atoms with E-state index in [0.29, 0.717) is 5.56 Å². The molecule has 0 atom stereocenters. The van der Waals surface area contributed by atoms with Crippen molar-refractivity contribution in [2.24, 2.45) is 0 Å². The van der Waals surface area contributed by atoms with Crippen LogP contribution in [0.25, 0.3) is 0 Å². The predicted molar refractivity (Wildman–Crippen MR) is 89.1 cm³/mol. The number of carbonyl (C=O) groups excluding carboxylic acids is 1. The van der Waals surface area contributed by atoms with Crippen LogP contribution in [0.2, 0.25) is 0 Å². The highest BCUT2D eigenvalue weighted by Gasteiger charge is 2.25. The van der Waals surface area contributed by atoms with Gasteiger partial charge in [-0.3, -0.25) is 14.4 Å². The number of carbonyl (C=O) groups is 1. The normalized spacial score (nSPS) is 20.5. The highest BCUT2D eigenvalue weighted by molar-refractivity contribution is 5.93. The van der Waals surface area contributed by atoms with Gasteiger partial charge < -0.3 is 10.3 Å². The first kappa shape index (κ1) is 16.2. The Morgan fingerprint density at radius 2 is 1.92 bits per heavy atom. The average molecular weight is 328 g/mol. The minimum atomic E-state index is -0.233. The molecule has 1 aliphatic carbocycles. The number of hydrogen-bond acceptors (Lipinski definition) is 4. The van der Waals surface area contributed by atoms with Crippen LogP contribution in [0.5, 0.6) is 0 Å². The van der Waals surface area contributed by atoms with Gasteiger partial charge in [0, 0.05) is 24.4 Å². The standard InChI is InChI=1S/C17H20N4O3/c1-11-2-9-16(23)21(20-11)14-6-4-13(5-7-14)19-17(24)12-3-8-15(22)18-10-12/h2-3,8-10,13-14H,4-7H2,1H3,(H,18,22)(H,19,24). The molecule has 2 aromatic rings. The van der Waals surface area contributed by atoms with Crippen LogP contribution in [0.1, 0.15) is 47.8 Å². The Hall–Kier alpha value is -2.70. The van der Waals surface area contributed by atoms with E-state index in [1.807, 2.05) is 6.92 Å². The molecule has 2 aromatic heterocycles. The van der Waals surface area contributed by atoms with Crippen LogP contribution in [0.15, 0.2) is 40.1 Å². The second-order valence-corrected chi connectivity index (χ2v) is 6.18. The molecule has 1 aliphatic rings. The third-order valence-electron chi connectivity index (χ3n) is 4.38.